The smallest absolute Gasteiger partial charge is 0.161 e. The third-order valence-corrected chi connectivity index (χ3v) is 4.03. The molecule has 2 heterocycles. The van der Waals surface area contributed by atoms with Gasteiger partial charge in [0.1, 0.15) is 0 Å². The van der Waals surface area contributed by atoms with E-state index in [4.69, 9.17) is 0 Å². The highest BCUT2D eigenvalue weighted by atomic mass is 79.9. The van der Waals surface area contributed by atoms with E-state index in [1.54, 1.807) is 6.20 Å². The number of hydrogen-bond acceptors (Lipinski definition) is 2. The van der Waals surface area contributed by atoms with Crippen molar-refractivity contribution in [1.82, 2.24) is 19.6 Å². The van der Waals surface area contributed by atoms with E-state index < -0.39 is 0 Å². The van der Waals surface area contributed by atoms with Crippen LogP contribution in [-0.4, -0.2) is 19.6 Å². The number of nitrogens with zero attached hydrogens (tertiary/aromatic N) is 4. The van der Waals surface area contributed by atoms with Gasteiger partial charge in [-0.25, -0.2) is 9.36 Å². The normalized spacial score (nSPS) is 10.9. The van der Waals surface area contributed by atoms with Crippen LogP contribution in [0.1, 0.15) is 11.3 Å². The monoisotopic (exact) mass is 394 g/mol. The molecule has 0 spiro atoms. The highest BCUT2D eigenvalue weighted by Gasteiger charge is 2.17. The van der Waals surface area contributed by atoms with Crippen LogP contribution >= 0.6 is 31.9 Å². The van der Waals surface area contributed by atoms with E-state index in [9.17, 15) is 0 Å². The third kappa shape index (κ3) is 2.33. The molecule has 2 aromatic heterocycles. The van der Waals surface area contributed by atoms with Crippen LogP contribution in [0.25, 0.3) is 11.5 Å². The predicted octanol–water partition coefficient (Wildman–Crippen LogP) is 4.02. The lowest BCUT2D eigenvalue weighted by molar-refractivity contribution is 0.758. The summed E-state index contributed by atoms with van der Waals surface area (Å²) in [5, 5.41) is 9.76. The van der Waals surface area contributed by atoms with Gasteiger partial charge >= 0.3 is 0 Å². The fraction of sp³-hybridized carbons (Fsp3) is 0.143. The maximum atomic E-state index is 4.65. The number of alkyl halides is 1. The van der Waals surface area contributed by atoms with Gasteiger partial charge in [-0.1, -0.05) is 34.1 Å². The Hall–Kier alpha value is -1.40. The molecule has 0 aliphatic heterocycles. The number of hydrogen-bond donors (Lipinski definition) is 0. The van der Waals surface area contributed by atoms with Gasteiger partial charge in [-0.05, 0) is 35.0 Å². The number of aryl methyl sites for hydroxylation is 1. The van der Waals surface area contributed by atoms with Crippen LogP contribution in [0.2, 0.25) is 0 Å². The summed E-state index contributed by atoms with van der Waals surface area (Å²) >= 11 is 6.98. The molecule has 0 aliphatic carbocycles. The zero-order valence-corrected chi connectivity index (χ0v) is 14.0. The van der Waals surface area contributed by atoms with Crippen molar-refractivity contribution in [3.63, 3.8) is 0 Å². The molecule has 0 saturated carbocycles. The Morgan fingerprint density at radius 2 is 1.95 bits per heavy atom. The van der Waals surface area contributed by atoms with Crippen molar-refractivity contribution in [2.45, 2.75) is 12.3 Å². The van der Waals surface area contributed by atoms with Gasteiger partial charge < -0.3 is 0 Å². The summed E-state index contributed by atoms with van der Waals surface area (Å²) in [7, 11) is 0. The van der Waals surface area contributed by atoms with Crippen LogP contribution in [0.5, 0.6) is 0 Å². The van der Waals surface area contributed by atoms with Crippen LogP contribution in [0.15, 0.2) is 47.2 Å². The number of aromatic nitrogens is 4. The first-order chi connectivity index (χ1) is 9.70. The summed E-state index contributed by atoms with van der Waals surface area (Å²) in [4.78, 5) is 0. The van der Waals surface area contributed by atoms with E-state index >= 15 is 0 Å². The zero-order valence-electron chi connectivity index (χ0n) is 10.8. The van der Waals surface area contributed by atoms with Gasteiger partial charge in [0.15, 0.2) is 5.82 Å². The minimum absolute atomic E-state index is 0.735. The molecule has 0 radical (unpaired) electrons. The number of rotatable bonds is 3. The Morgan fingerprint density at radius 3 is 2.55 bits per heavy atom. The highest BCUT2D eigenvalue weighted by Crippen LogP contribution is 2.25. The summed E-state index contributed by atoms with van der Waals surface area (Å²) in [6.07, 6.45) is 3.71. The van der Waals surface area contributed by atoms with Gasteiger partial charge in [-0.3, -0.25) is 0 Å². The van der Waals surface area contributed by atoms with E-state index in [2.05, 4.69) is 42.1 Å². The lowest BCUT2D eigenvalue weighted by atomic mass is 10.2. The average molecular weight is 396 g/mol. The molecule has 0 unspecified atom stereocenters. The average Bonchev–Trinajstić information content (AvgIpc) is 3.03. The van der Waals surface area contributed by atoms with E-state index in [0.29, 0.717) is 0 Å². The van der Waals surface area contributed by atoms with Crippen LogP contribution in [-0.2, 0) is 5.33 Å². The lowest BCUT2D eigenvalue weighted by Crippen LogP contribution is -2.07. The van der Waals surface area contributed by atoms with Crippen molar-refractivity contribution >= 4 is 31.9 Å². The third-order valence-electron chi connectivity index (χ3n) is 3.06. The standard InChI is InChI=1S/C14H12Br2N4/c1-10-13(7-15)14(19-9-11(16)8-17-19)20(18-10)12-5-3-2-4-6-12/h2-6,8-9H,7H2,1H3. The molecule has 1 aromatic carbocycles. The largest absolute Gasteiger partial charge is 0.221 e. The fourth-order valence-electron chi connectivity index (χ4n) is 2.11. The van der Waals surface area contributed by atoms with Gasteiger partial charge in [0.05, 0.1) is 22.1 Å². The second-order valence-electron chi connectivity index (χ2n) is 4.37. The SMILES string of the molecule is Cc1nn(-c2ccccc2)c(-n2cc(Br)cn2)c1CBr. The Bertz CT molecular complexity index is 731. The molecule has 4 nitrogen and oxygen atoms in total. The van der Waals surface area contributed by atoms with E-state index in [0.717, 1.165) is 32.6 Å². The molecule has 6 heteroatoms. The first-order valence-corrected chi connectivity index (χ1v) is 8.02. The fourth-order valence-corrected chi connectivity index (χ4v) is 3.05. The first kappa shape index (κ1) is 13.6. The summed E-state index contributed by atoms with van der Waals surface area (Å²) in [5.41, 5.74) is 3.14. The summed E-state index contributed by atoms with van der Waals surface area (Å²) in [6, 6.07) is 10.1. The molecule has 0 bridgehead atoms. The van der Waals surface area contributed by atoms with Gasteiger partial charge in [0.2, 0.25) is 0 Å². The van der Waals surface area contributed by atoms with Gasteiger partial charge in [0, 0.05) is 17.1 Å². The minimum Gasteiger partial charge on any atom is -0.221 e. The molecule has 0 aliphatic rings. The van der Waals surface area contributed by atoms with E-state index in [1.165, 1.54) is 0 Å². The zero-order chi connectivity index (χ0) is 14.1. The van der Waals surface area contributed by atoms with Crippen molar-refractivity contribution in [3.8, 4) is 11.5 Å². The van der Waals surface area contributed by atoms with Crippen molar-refractivity contribution < 1.29 is 0 Å². The predicted molar refractivity (Wildman–Crippen MR) is 85.8 cm³/mol. The summed E-state index contributed by atoms with van der Waals surface area (Å²) in [6.45, 7) is 2.01. The molecule has 20 heavy (non-hydrogen) atoms. The quantitative estimate of drug-likeness (QED) is 0.627. The molecule has 0 fully saturated rings. The molecular weight excluding hydrogens is 384 g/mol. The maximum absolute atomic E-state index is 4.65. The lowest BCUT2D eigenvalue weighted by Gasteiger charge is -2.08. The first-order valence-electron chi connectivity index (χ1n) is 6.11. The topological polar surface area (TPSA) is 35.6 Å². The molecule has 0 atom stereocenters. The molecule has 3 aromatic rings. The highest BCUT2D eigenvalue weighted by molar-refractivity contribution is 9.10. The molecule has 3 rings (SSSR count). The second kappa shape index (κ2) is 5.54. The molecule has 0 amide bonds. The summed E-state index contributed by atoms with van der Waals surface area (Å²) < 4.78 is 4.70. The summed E-state index contributed by atoms with van der Waals surface area (Å²) in [5.74, 6) is 0.955. The van der Waals surface area contributed by atoms with Gasteiger partial charge in [-0.2, -0.15) is 10.2 Å². The Balaban J connectivity index is 2.25. The van der Waals surface area contributed by atoms with Crippen molar-refractivity contribution in [2.24, 2.45) is 0 Å². The van der Waals surface area contributed by atoms with E-state index in [-0.39, 0.29) is 0 Å². The molecule has 0 saturated heterocycles. The molecule has 0 N–H and O–H groups in total. The van der Waals surface area contributed by atoms with Crippen LogP contribution < -0.4 is 0 Å². The Kier molecular flexibility index (Phi) is 3.76. The van der Waals surface area contributed by atoms with Crippen molar-refractivity contribution in [3.05, 3.63) is 58.5 Å². The van der Waals surface area contributed by atoms with Crippen LogP contribution in [0.3, 0.4) is 0 Å². The number of para-hydroxylation sites is 1. The Morgan fingerprint density at radius 1 is 1.20 bits per heavy atom. The minimum atomic E-state index is 0.735. The molecule has 102 valence electrons. The van der Waals surface area contributed by atoms with Crippen LogP contribution in [0, 0.1) is 6.92 Å². The van der Waals surface area contributed by atoms with Crippen LogP contribution in [0.4, 0.5) is 0 Å². The number of benzene rings is 1. The maximum Gasteiger partial charge on any atom is 0.161 e. The van der Waals surface area contributed by atoms with Gasteiger partial charge in [-0.15, -0.1) is 0 Å². The van der Waals surface area contributed by atoms with E-state index in [1.807, 2.05) is 52.8 Å². The Labute approximate surface area is 133 Å². The van der Waals surface area contributed by atoms with Gasteiger partial charge in [0.25, 0.3) is 0 Å². The number of halogens is 2. The van der Waals surface area contributed by atoms with Crippen molar-refractivity contribution in [2.75, 3.05) is 0 Å². The van der Waals surface area contributed by atoms with Crippen molar-refractivity contribution in [1.29, 1.82) is 0 Å². The molecular formula is C14H12Br2N4. The second-order valence-corrected chi connectivity index (χ2v) is 5.85.